The molecule has 0 unspecified atom stereocenters. The van der Waals surface area contributed by atoms with Crippen molar-refractivity contribution in [1.82, 2.24) is 4.98 Å². The summed E-state index contributed by atoms with van der Waals surface area (Å²) in [6, 6.07) is 5.77. The molecule has 1 heterocycles. The Kier molecular flexibility index (Phi) is 17.5. The first-order valence-corrected chi connectivity index (χ1v) is 6.64. The van der Waals surface area contributed by atoms with E-state index in [1.807, 2.05) is 25.1 Å². The summed E-state index contributed by atoms with van der Waals surface area (Å²) in [4.78, 5) is 8.12. The monoisotopic (exact) mass is 380 g/mol. The van der Waals surface area contributed by atoms with Crippen LogP contribution in [0.3, 0.4) is 0 Å². The zero-order valence-corrected chi connectivity index (χ0v) is 14.2. The molecule has 2 nitrogen and oxygen atoms in total. The second-order valence-electron chi connectivity index (χ2n) is 3.98. The maximum Gasteiger partial charge on any atom is 0.0807 e. The Morgan fingerprint density at radius 1 is 1.05 bits per heavy atom. The maximum absolute atomic E-state index is 4.07. The van der Waals surface area contributed by atoms with Crippen molar-refractivity contribution in [3.63, 3.8) is 0 Å². The summed E-state index contributed by atoms with van der Waals surface area (Å²) in [5, 5.41) is 0. The predicted octanol–water partition coefficient (Wildman–Crippen LogP) is 1.19. The fourth-order valence-corrected chi connectivity index (χ4v) is 1.49. The quantitative estimate of drug-likeness (QED) is 0.430. The molecule has 0 bridgehead atoms. The van der Waals surface area contributed by atoms with Gasteiger partial charge in [0.1, 0.15) is 0 Å². The molecular weight excluding hydrogens is 359 g/mol. The number of halogens is 1. The minimum Gasteiger partial charge on any atom is -1.00 e. The zero-order valence-electron chi connectivity index (χ0n) is 11.8. The van der Waals surface area contributed by atoms with Crippen LogP contribution < -0.4 is 12.4 Å². The van der Waals surface area contributed by atoms with Gasteiger partial charge >= 0.3 is 0 Å². The van der Waals surface area contributed by atoms with Crippen molar-refractivity contribution in [3.8, 4) is 0 Å². The molecule has 0 aromatic carbocycles. The van der Waals surface area contributed by atoms with Gasteiger partial charge in [-0.3, -0.25) is 9.98 Å². The second-order valence-corrected chi connectivity index (χ2v) is 3.98. The topological polar surface area (TPSA) is 25.2 Å². The molecule has 1 aromatic heterocycles. The fraction of sp³-hybridized carbons (Fsp3) is 0.375. The largest absolute Gasteiger partial charge is 1.00 e. The number of nitrogens with zero attached hydrogens (tertiary/aromatic N) is 2. The van der Waals surface area contributed by atoms with Crippen molar-refractivity contribution >= 4 is 6.21 Å². The van der Waals surface area contributed by atoms with E-state index in [-0.39, 0.29) is 31.9 Å². The van der Waals surface area contributed by atoms with Gasteiger partial charge in [-0.25, -0.2) is 0 Å². The van der Waals surface area contributed by atoms with E-state index in [1.54, 1.807) is 12.4 Å². The number of hydrogen-bond donors (Lipinski definition) is 0. The molecule has 4 heteroatoms. The van der Waals surface area contributed by atoms with Crippen LogP contribution in [0, 0.1) is 0 Å². The van der Waals surface area contributed by atoms with E-state index >= 15 is 0 Å². The average molecular weight is 381 g/mol. The molecule has 0 fully saturated rings. The molecular formula is C16H22ClN2Rh-. The summed E-state index contributed by atoms with van der Waals surface area (Å²) in [7, 11) is 0. The Balaban J connectivity index is 0. The van der Waals surface area contributed by atoms with E-state index in [0.717, 1.165) is 12.2 Å². The molecule has 0 saturated carbocycles. The standard InChI is InChI=1S/C8H10N2.C8H12.ClH.Rh/c1-2-9-7-8-5-3-4-6-10-8;1-2-4-6-8-7-5-3-1;;/h3-7H,2H2,1H3;1-2,7-8H,3-6H2;1H;/p-1/b;2-1-,8-7-;;. The number of rotatable bonds is 2. The molecule has 0 atom stereocenters. The van der Waals surface area contributed by atoms with Crippen LogP contribution in [0.25, 0.3) is 0 Å². The normalized spacial score (nSPS) is 16.4. The minimum absolute atomic E-state index is 0. The van der Waals surface area contributed by atoms with Crippen LogP contribution in [0.4, 0.5) is 0 Å². The van der Waals surface area contributed by atoms with Crippen molar-refractivity contribution in [1.29, 1.82) is 0 Å². The summed E-state index contributed by atoms with van der Waals surface area (Å²) >= 11 is 0. The van der Waals surface area contributed by atoms with Crippen LogP contribution in [-0.4, -0.2) is 17.7 Å². The summed E-state index contributed by atoms with van der Waals surface area (Å²) in [5.74, 6) is 0. The van der Waals surface area contributed by atoms with Gasteiger partial charge in [-0.15, -0.1) is 0 Å². The van der Waals surface area contributed by atoms with E-state index in [0.29, 0.717) is 0 Å². The first kappa shape index (κ1) is 21.5. The third-order valence-electron chi connectivity index (χ3n) is 2.43. The van der Waals surface area contributed by atoms with Crippen LogP contribution in [0.2, 0.25) is 0 Å². The Bertz CT molecular complexity index is 363. The van der Waals surface area contributed by atoms with E-state index in [2.05, 4.69) is 34.3 Å². The summed E-state index contributed by atoms with van der Waals surface area (Å²) in [6.07, 6.45) is 17.5. The van der Waals surface area contributed by atoms with Gasteiger partial charge in [-0.2, -0.15) is 0 Å². The third kappa shape index (κ3) is 12.3. The number of allylic oxidation sites excluding steroid dienone is 4. The third-order valence-corrected chi connectivity index (χ3v) is 2.43. The molecule has 0 saturated heterocycles. The van der Waals surface area contributed by atoms with Gasteiger partial charge in [0.15, 0.2) is 0 Å². The molecule has 0 N–H and O–H groups in total. The van der Waals surface area contributed by atoms with Crippen molar-refractivity contribution in [2.24, 2.45) is 4.99 Å². The Morgan fingerprint density at radius 2 is 1.60 bits per heavy atom. The average Bonchev–Trinajstić information content (AvgIpc) is 2.37. The van der Waals surface area contributed by atoms with Crippen LogP contribution >= 0.6 is 0 Å². The van der Waals surface area contributed by atoms with Crippen LogP contribution in [0.1, 0.15) is 38.3 Å². The molecule has 0 spiro atoms. The van der Waals surface area contributed by atoms with Crippen molar-refractivity contribution in [2.75, 3.05) is 6.54 Å². The van der Waals surface area contributed by atoms with Crippen molar-refractivity contribution in [3.05, 3.63) is 54.4 Å². The van der Waals surface area contributed by atoms with Gasteiger partial charge in [0, 0.05) is 38.4 Å². The van der Waals surface area contributed by atoms with Gasteiger partial charge < -0.3 is 12.4 Å². The molecule has 0 aliphatic heterocycles. The molecule has 1 aliphatic carbocycles. The minimum atomic E-state index is 0. The van der Waals surface area contributed by atoms with Gasteiger partial charge in [0.2, 0.25) is 0 Å². The molecule has 1 aromatic rings. The zero-order chi connectivity index (χ0) is 12.9. The smallest absolute Gasteiger partial charge is 0.0807 e. The summed E-state index contributed by atoms with van der Waals surface area (Å²) in [6.45, 7) is 2.82. The molecule has 2 rings (SSSR count). The van der Waals surface area contributed by atoms with E-state index in [4.69, 9.17) is 0 Å². The first-order valence-electron chi connectivity index (χ1n) is 6.64. The van der Waals surface area contributed by atoms with Gasteiger partial charge in [0.05, 0.1) is 5.69 Å². The number of pyridine rings is 1. The first-order chi connectivity index (χ1) is 8.93. The Labute approximate surface area is 141 Å². The van der Waals surface area contributed by atoms with Gasteiger partial charge in [-0.1, -0.05) is 30.4 Å². The molecule has 1 radical (unpaired) electrons. The summed E-state index contributed by atoms with van der Waals surface area (Å²) in [5.41, 5.74) is 0.921. The van der Waals surface area contributed by atoms with Crippen molar-refractivity contribution in [2.45, 2.75) is 32.6 Å². The fourth-order valence-electron chi connectivity index (χ4n) is 1.49. The van der Waals surface area contributed by atoms with Gasteiger partial charge in [-0.05, 0) is 44.7 Å². The van der Waals surface area contributed by atoms with Crippen LogP contribution in [0.15, 0.2) is 53.7 Å². The van der Waals surface area contributed by atoms with E-state index in [9.17, 15) is 0 Å². The molecule has 0 amide bonds. The predicted molar refractivity (Wildman–Crippen MR) is 79.1 cm³/mol. The number of hydrogen-bond acceptors (Lipinski definition) is 2. The Hall–Kier alpha value is -0.787. The molecule has 113 valence electrons. The summed E-state index contributed by atoms with van der Waals surface area (Å²) < 4.78 is 0. The van der Waals surface area contributed by atoms with Crippen LogP contribution in [0.5, 0.6) is 0 Å². The maximum atomic E-state index is 4.07. The molecule has 1 aliphatic rings. The number of aliphatic imine (C=N–C) groups is 1. The van der Waals surface area contributed by atoms with Gasteiger partial charge in [0.25, 0.3) is 0 Å². The Morgan fingerprint density at radius 3 is 2.00 bits per heavy atom. The van der Waals surface area contributed by atoms with Crippen LogP contribution in [-0.2, 0) is 19.5 Å². The van der Waals surface area contributed by atoms with E-state index < -0.39 is 0 Å². The van der Waals surface area contributed by atoms with E-state index in [1.165, 1.54) is 25.7 Å². The molecule has 20 heavy (non-hydrogen) atoms. The SMILES string of the molecule is C1=C\CC/C=C\CC/1.CCN=Cc1ccccn1.[Cl-].[Rh]. The second kappa shape index (κ2) is 16.3. The van der Waals surface area contributed by atoms with Crippen molar-refractivity contribution < 1.29 is 31.9 Å². The number of aromatic nitrogens is 1.